The first-order valence-electron chi connectivity index (χ1n) is 16.8. The zero-order chi connectivity index (χ0) is 38.8. The Morgan fingerprint density at radius 3 is 1.41 bits per heavy atom. The van der Waals surface area contributed by atoms with E-state index in [2.05, 4.69) is 0 Å². The number of ether oxygens (including phenoxy) is 9. The van der Waals surface area contributed by atoms with Crippen LogP contribution in [0.25, 0.3) is 0 Å². The molecule has 0 spiro atoms. The molecule has 3 aromatic carbocycles. The molecule has 2 aliphatic heterocycles. The second kappa shape index (κ2) is 18.4. The van der Waals surface area contributed by atoms with Crippen molar-refractivity contribution in [2.75, 3.05) is 13.2 Å². The summed E-state index contributed by atoms with van der Waals surface area (Å²) in [6.45, 7) is 2.09. The Bertz CT molecular complexity index is 1770. The normalized spacial score (nSPS) is 26.1. The SMILES string of the molecule is CC(=O)O[C@@H]1[C@@H](OC(C)=O)[C@H](CO[C@@H]2O[C@H](COC(=O)c3ccccc3)[C@@H](OC(=O)c3ccccc3)[C@@H]2OC(=O)c2ccccc2)O[C@H](O)[C@H]1OC(C)=O. The highest BCUT2D eigenvalue weighted by Crippen LogP contribution is 2.33. The van der Waals surface area contributed by atoms with Crippen molar-refractivity contribution in [1.82, 2.24) is 0 Å². The third-order valence-corrected chi connectivity index (χ3v) is 8.10. The largest absolute Gasteiger partial charge is 0.459 e. The molecule has 0 aliphatic carbocycles. The molecule has 0 unspecified atom stereocenters. The van der Waals surface area contributed by atoms with E-state index < -0.39 is 104 Å². The Labute approximate surface area is 309 Å². The van der Waals surface area contributed by atoms with Gasteiger partial charge < -0.3 is 47.7 Å². The van der Waals surface area contributed by atoms with Crippen LogP contribution in [0.15, 0.2) is 91.0 Å². The third-order valence-electron chi connectivity index (χ3n) is 8.10. The minimum Gasteiger partial charge on any atom is -0.459 e. The summed E-state index contributed by atoms with van der Waals surface area (Å²) in [7, 11) is 0. The van der Waals surface area contributed by atoms with Crippen LogP contribution in [-0.4, -0.2) is 109 Å². The molecule has 286 valence electrons. The van der Waals surface area contributed by atoms with Crippen LogP contribution in [0, 0.1) is 0 Å². The van der Waals surface area contributed by atoms with Crippen molar-refractivity contribution in [1.29, 1.82) is 0 Å². The fraction of sp³-hybridized carbons (Fsp3) is 0.368. The maximum atomic E-state index is 13.4. The number of esters is 6. The molecular formula is C38H38O16. The fourth-order valence-electron chi connectivity index (χ4n) is 5.77. The van der Waals surface area contributed by atoms with Crippen molar-refractivity contribution < 1.29 is 76.5 Å². The van der Waals surface area contributed by atoms with Gasteiger partial charge in [-0.25, -0.2) is 14.4 Å². The zero-order valence-electron chi connectivity index (χ0n) is 29.3. The van der Waals surface area contributed by atoms with Crippen molar-refractivity contribution in [3.63, 3.8) is 0 Å². The lowest BCUT2D eigenvalue weighted by molar-refractivity contribution is -0.304. The molecule has 0 saturated carbocycles. The Hall–Kier alpha value is -5.68. The molecule has 16 heteroatoms. The van der Waals surface area contributed by atoms with E-state index in [9.17, 15) is 33.9 Å². The molecule has 5 rings (SSSR count). The van der Waals surface area contributed by atoms with Gasteiger partial charge in [-0.2, -0.15) is 0 Å². The topological polar surface area (TPSA) is 206 Å². The Morgan fingerprint density at radius 2 is 0.907 bits per heavy atom. The maximum absolute atomic E-state index is 13.4. The van der Waals surface area contributed by atoms with E-state index in [0.29, 0.717) is 0 Å². The second-order valence-corrected chi connectivity index (χ2v) is 12.1. The zero-order valence-corrected chi connectivity index (χ0v) is 29.3. The van der Waals surface area contributed by atoms with Gasteiger partial charge in [-0.1, -0.05) is 54.6 Å². The summed E-state index contributed by atoms with van der Waals surface area (Å²) in [4.78, 5) is 75.9. The van der Waals surface area contributed by atoms with Crippen molar-refractivity contribution in [3.05, 3.63) is 108 Å². The molecule has 9 atom stereocenters. The molecule has 2 fully saturated rings. The van der Waals surface area contributed by atoms with Crippen molar-refractivity contribution in [2.24, 2.45) is 0 Å². The van der Waals surface area contributed by atoms with Gasteiger partial charge in [-0.15, -0.1) is 0 Å². The summed E-state index contributed by atoms with van der Waals surface area (Å²) in [5, 5.41) is 10.8. The molecule has 0 amide bonds. The van der Waals surface area contributed by atoms with Crippen LogP contribution in [0.2, 0.25) is 0 Å². The van der Waals surface area contributed by atoms with E-state index in [4.69, 9.17) is 42.6 Å². The average molecular weight is 751 g/mol. The molecule has 2 aliphatic rings. The number of carbonyl (C=O) groups excluding carboxylic acids is 6. The van der Waals surface area contributed by atoms with E-state index in [1.807, 2.05) is 0 Å². The number of carbonyl (C=O) groups is 6. The number of rotatable bonds is 13. The molecule has 2 heterocycles. The van der Waals surface area contributed by atoms with E-state index in [0.717, 1.165) is 20.8 Å². The predicted molar refractivity (Wildman–Crippen MR) is 180 cm³/mol. The lowest BCUT2D eigenvalue weighted by atomic mass is 9.98. The Balaban J connectivity index is 1.45. The van der Waals surface area contributed by atoms with Crippen LogP contribution in [-0.2, 0) is 57.0 Å². The third kappa shape index (κ3) is 10.3. The van der Waals surface area contributed by atoms with E-state index in [1.54, 1.807) is 54.6 Å². The molecule has 54 heavy (non-hydrogen) atoms. The molecule has 1 N–H and O–H groups in total. The standard InChI is InChI=1S/C38H38O16/c1-21(39)48-29-27(51-37(45)32(50-23(3)41)31(29)49-22(2)40)20-47-38-33(54-36(44)26-17-11-6-12-18-26)30(53-35(43)25-15-9-5-10-16-25)28(52-38)19-46-34(42)24-13-7-4-8-14-24/h4-18,27-33,37-38,45H,19-20H2,1-3H3/t27-,28+,29-,30+,31+,32-,33-,37-,38+/m0/s1. The quantitative estimate of drug-likeness (QED) is 0.197. The molecule has 16 nitrogen and oxygen atoms in total. The van der Waals surface area contributed by atoms with Crippen molar-refractivity contribution in [2.45, 2.75) is 76.1 Å². The summed E-state index contributed by atoms with van der Waals surface area (Å²) in [6.07, 6.45) is -13.7. The van der Waals surface area contributed by atoms with Crippen LogP contribution in [0.3, 0.4) is 0 Å². The second-order valence-electron chi connectivity index (χ2n) is 12.1. The van der Waals surface area contributed by atoms with Gasteiger partial charge >= 0.3 is 35.8 Å². The first-order chi connectivity index (χ1) is 25.9. The number of hydrogen-bond acceptors (Lipinski definition) is 16. The average Bonchev–Trinajstić information content (AvgIpc) is 3.47. The van der Waals surface area contributed by atoms with Crippen LogP contribution >= 0.6 is 0 Å². The molecule has 2 saturated heterocycles. The summed E-state index contributed by atoms with van der Waals surface area (Å²) in [6, 6.07) is 23.9. The number of aliphatic hydroxyl groups is 1. The lowest BCUT2D eigenvalue weighted by Crippen LogP contribution is -2.62. The summed E-state index contributed by atoms with van der Waals surface area (Å²) < 4.78 is 50.9. The number of hydrogen-bond donors (Lipinski definition) is 1. The van der Waals surface area contributed by atoms with Crippen LogP contribution in [0.5, 0.6) is 0 Å². The van der Waals surface area contributed by atoms with Gasteiger partial charge in [0.1, 0.15) is 18.8 Å². The van der Waals surface area contributed by atoms with Crippen molar-refractivity contribution in [3.8, 4) is 0 Å². The lowest BCUT2D eigenvalue weighted by Gasteiger charge is -2.42. The number of aliphatic hydroxyl groups excluding tert-OH is 1. The highest BCUT2D eigenvalue weighted by atomic mass is 16.8. The van der Waals surface area contributed by atoms with Gasteiger partial charge in [-0.05, 0) is 36.4 Å². The van der Waals surface area contributed by atoms with Crippen molar-refractivity contribution >= 4 is 35.8 Å². The van der Waals surface area contributed by atoms with E-state index in [-0.39, 0.29) is 16.7 Å². The van der Waals surface area contributed by atoms with Crippen LogP contribution in [0.1, 0.15) is 51.8 Å². The molecular weight excluding hydrogens is 712 g/mol. The summed E-state index contributed by atoms with van der Waals surface area (Å²) >= 11 is 0. The maximum Gasteiger partial charge on any atom is 0.338 e. The molecule has 0 bridgehead atoms. The molecule has 3 aromatic rings. The fourth-order valence-corrected chi connectivity index (χ4v) is 5.77. The van der Waals surface area contributed by atoms with Gasteiger partial charge in [0.15, 0.2) is 43.1 Å². The molecule has 0 radical (unpaired) electrons. The smallest absolute Gasteiger partial charge is 0.338 e. The first kappa shape index (κ1) is 39.5. The minimum absolute atomic E-state index is 0.137. The Kier molecular flexibility index (Phi) is 13.5. The summed E-state index contributed by atoms with van der Waals surface area (Å²) in [5.74, 6) is -4.94. The molecule has 0 aromatic heterocycles. The predicted octanol–water partition coefficient (Wildman–Crippen LogP) is 2.55. The first-order valence-corrected chi connectivity index (χ1v) is 16.8. The summed E-state index contributed by atoms with van der Waals surface area (Å²) in [5.41, 5.74) is 0.521. The van der Waals surface area contributed by atoms with Gasteiger partial charge in [0.2, 0.25) is 0 Å². The van der Waals surface area contributed by atoms with Gasteiger partial charge in [0.05, 0.1) is 23.3 Å². The highest BCUT2D eigenvalue weighted by molar-refractivity contribution is 5.91. The van der Waals surface area contributed by atoms with Crippen LogP contribution < -0.4 is 0 Å². The van der Waals surface area contributed by atoms with E-state index >= 15 is 0 Å². The highest BCUT2D eigenvalue weighted by Gasteiger charge is 2.54. The Morgan fingerprint density at radius 1 is 0.500 bits per heavy atom. The van der Waals surface area contributed by atoms with Gasteiger partial charge in [0.25, 0.3) is 0 Å². The van der Waals surface area contributed by atoms with E-state index in [1.165, 1.54) is 36.4 Å². The monoisotopic (exact) mass is 750 g/mol. The number of benzene rings is 3. The van der Waals surface area contributed by atoms with Gasteiger partial charge in [-0.3, -0.25) is 14.4 Å². The minimum atomic E-state index is -1.89. The van der Waals surface area contributed by atoms with Crippen LogP contribution in [0.4, 0.5) is 0 Å². The van der Waals surface area contributed by atoms with Gasteiger partial charge in [0, 0.05) is 20.8 Å².